The minimum absolute atomic E-state index is 0.146. The lowest BCUT2D eigenvalue weighted by atomic mass is 10.0. The van der Waals surface area contributed by atoms with Crippen LogP contribution >= 0.6 is 0 Å². The number of carbonyl (C=O) groups excluding carboxylic acids is 1. The summed E-state index contributed by atoms with van der Waals surface area (Å²) in [7, 11) is 1.59. The molecule has 0 unspecified atom stereocenters. The molecule has 0 saturated heterocycles. The third-order valence-corrected chi connectivity index (χ3v) is 5.33. The van der Waals surface area contributed by atoms with Crippen LogP contribution in [0.25, 0.3) is 22.3 Å². The molecule has 1 aromatic heterocycles. The van der Waals surface area contributed by atoms with Crippen LogP contribution in [0.15, 0.2) is 51.7 Å². The predicted octanol–water partition coefficient (Wildman–Crippen LogP) is 3.85. The third kappa shape index (κ3) is 4.39. The average molecular weight is 408 g/mol. The quantitative estimate of drug-likeness (QED) is 0.613. The highest BCUT2D eigenvalue weighted by Gasteiger charge is 2.18. The molecule has 1 amide bonds. The Morgan fingerprint density at radius 3 is 2.57 bits per heavy atom. The molecular weight excluding hydrogens is 380 g/mol. The maximum Gasteiger partial charge on any atom is 0.255 e. The number of carbonyl (C=O) groups is 1. The lowest BCUT2D eigenvalue weighted by molar-refractivity contribution is 0.0949. The van der Waals surface area contributed by atoms with Gasteiger partial charge in [-0.3, -0.25) is 9.59 Å². The predicted molar refractivity (Wildman–Crippen MR) is 119 cm³/mol. The fourth-order valence-electron chi connectivity index (χ4n) is 3.49. The van der Waals surface area contributed by atoms with Crippen molar-refractivity contribution >= 4 is 16.9 Å². The maximum absolute atomic E-state index is 13.0. The van der Waals surface area contributed by atoms with Gasteiger partial charge in [0.25, 0.3) is 5.91 Å². The summed E-state index contributed by atoms with van der Waals surface area (Å²) in [6, 6.07) is 12.4. The van der Waals surface area contributed by atoms with Crippen LogP contribution < -0.4 is 15.5 Å². The summed E-state index contributed by atoms with van der Waals surface area (Å²) in [5.41, 5.74) is 1.73. The first-order valence-corrected chi connectivity index (χ1v) is 10.2. The Bertz CT molecular complexity index is 1100. The number of rotatable bonds is 8. The van der Waals surface area contributed by atoms with Gasteiger partial charge < -0.3 is 19.4 Å². The molecule has 6 heteroatoms. The molecule has 0 aliphatic rings. The van der Waals surface area contributed by atoms with E-state index >= 15 is 0 Å². The maximum atomic E-state index is 13.0. The van der Waals surface area contributed by atoms with E-state index in [4.69, 9.17) is 9.15 Å². The molecule has 3 rings (SSSR count). The molecule has 3 aromatic rings. The zero-order chi connectivity index (χ0) is 21.7. The van der Waals surface area contributed by atoms with Crippen LogP contribution in [-0.4, -0.2) is 44.1 Å². The summed E-state index contributed by atoms with van der Waals surface area (Å²) < 4.78 is 11.4. The number of nitrogens with one attached hydrogen (secondary N) is 1. The second-order valence-corrected chi connectivity index (χ2v) is 7.08. The van der Waals surface area contributed by atoms with Crippen LogP contribution in [0.5, 0.6) is 5.75 Å². The Labute approximate surface area is 176 Å². The number of para-hydroxylation sites is 1. The Morgan fingerprint density at radius 2 is 1.87 bits per heavy atom. The lowest BCUT2D eigenvalue weighted by Gasteiger charge is -2.18. The third-order valence-electron chi connectivity index (χ3n) is 5.33. The van der Waals surface area contributed by atoms with E-state index in [0.29, 0.717) is 40.2 Å². The number of amides is 1. The van der Waals surface area contributed by atoms with Crippen LogP contribution in [0.2, 0.25) is 0 Å². The normalized spacial score (nSPS) is 11.1. The number of benzene rings is 2. The number of methoxy groups -OCH3 is 1. The first kappa shape index (κ1) is 21.6. The molecule has 0 radical (unpaired) electrons. The molecule has 30 heavy (non-hydrogen) atoms. The molecule has 0 bridgehead atoms. The summed E-state index contributed by atoms with van der Waals surface area (Å²) in [4.78, 5) is 28.1. The van der Waals surface area contributed by atoms with Crippen molar-refractivity contribution in [2.24, 2.45) is 0 Å². The standard InChI is InChI=1S/C24H28N2O4/c1-5-26(6-2)14-13-25-24(28)20-12-8-11-19-21(27)16(3)22(30-23(19)20)17-9-7-10-18(15-17)29-4/h7-12,15H,5-6,13-14H2,1-4H3,(H,25,28). The Balaban J connectivity index is 2.01. The lowest BCUT2D eigenvalue weighted by Crippen LogP contribution is -2.34. The molecule has 6 nitrogen and oxygen atoms in total. The van der Waals surface area contributed by atoms with Gasteiger partial charge in [0.1, 0.15) is 11.5 Å². The number of ether oxygens (including phenoxy) is 1. The fraction of sp³-hybridized carbons (Fsp3) is 0.333. The molecule has 0 aliphatic carbocycles. The highest BCUT2D eigenvalue weighted by atomic mass is 16.5. The van der Waals surface area contributed by atoms with E-state index in [1.54, 1.807) is 32.2 Å². The summed E-state index contributed by atoms with van der Waals surface area (Å²) in [6.45, 7) is 9.06. The van der Waals surface area contributed by atoms with Crippen LogP contribution in [0.3, 0.4) is 0 Å². The van der Waals surface area contributed by atoms with E-state index in [1.807, 2.05) is 24.3 Å². The largest absolute Gasteiger partial charge is 0.497 e. The van der Waals surface area contributed by atoms with E-state index in [9.17, 15) is 9.59 Å². The SMILES string of the molecule is CCN(CC)CCNC(=O)c1cccc2c(=O)c(C)c(-c3cccc(OC)c3)oc12. The van der Waals surface area contributed by atoms with Gasteiger partial charge in [-0.2, -0.15) is 0 Å². The van der Waals surface area contributed by atoms with Gasteiger partial charge in [0.2, 0.25) is 0 Å². The summed E-state index contributed by atoms with van der Waals surface area (Å²) in [6.07, 6.45) is 0. The van der Waals surface area contributed by atoms with E-state index in [0.717, 1.165) is 25.2 Å². The molecule has 1 N–H and O–H groups in total. The van der Waals surface area contributed by atoms with Gasteiger partial charge in [0, 0.05) is 24.2 Å². The molecule has 0 fully saturated rings. The van der Waals surface area contributed by atoms with Crippen molar-refractivity contribution in [3.8, 4) is 17.1 Å². The minimum Gasteiger partial charge on any atom is -0.497 e. The summed E-state index contributed by atoms with van der Waals surface area (Å²) in [5, 5.41) is 3.34. The van der Waals surface area contributed by atoms with Crippen LogP contribution in [0.4, 0.5) is 0 Å². The van der Waals surface area contributed by atoms with Crippen molar-refractivity contribution in [2.75, 3.05) is 33.3 Å². The van der Waals surface area contributed by atoms with E-state index in [2.05, 4.69) is 24.1 Å². The van der Waals surface area contributed by atoms with Gasteiger partial charge in [0.15, 0.2) is 11.0 Å². The van der Waals surface area contributed by atoms with Gasteiger partial charge >= 0.3 is 0 Å². The Hall–Kier alpha value is -3.12. The molecular formula is C24H28N2O4. The summed E-state index contributed by atoms with van der Waals surface area (Å²) >= 11 is 0. The number of hydrogen-bond donors (Lipinski definition) is 1. The van der Waals surface area contributed by atoms with Crippen molar-refractivity contribution < 1.29 is 13.9 Å². The zero-order valence-corrected chi connectivity index (χ0v) is 18.0. The molecule has 1 heterocycles. The van der Waals surface area contributed by atoms with E-state index < -0.39 is 0 Å². The topological polar surface area (TPSA) is 71.8 Å². The number of likely N-dealkylation sites (N-methyl/N-ethyl adjacent to an activating group) is 1. The highest BCUT2D eigenvalue weighted by molar-refractivity contribution is 6.05. The zero-order valence-electron chi connectivity index (χ0n) is 18.0. The molecule has 2 aromatic carbocycles. The van der Waals surface area contributed by atoms with Gasteiger partial charge in [0.05, 0.1) is 18.1 Å². The first-order chi connectivity index (χ1) is 14.5. The van der Waals surface area contributed by atoms with Gasteiger partial charge in [-0.15, -0.1) is 0 Å². The van der Waals surface area contributed by atoms with Gasteiger partial charge in [-0.05, 0) is 44.3 Å². The van der Waals surface area contributed by atoms with Crippen LogP contribution in [0, 0.1) is 6.92 Å². The van der Waals surface area contributed by atoms with E-state index in [1.165, 1.54) is 0 Å². The second-order valence-electron chi connectivity index (χ2n) is 7.08. The van der Waals surface area contributed by atoms with Crippen LogP contribution in [-0.2, 0) is 0 Å². The van der Waals surface area contributed by atoms with Crippen molar-refractivity contribution in [1.82, 2.24) is 10.2 Å². The fourth-order valence-corrected chi connectivity index (χ4v) is 3.49. The number of nitrogens with zero attached hydrogens (tertiary/aromatic N) is 1. The van der Waals surface area contributed by atoms with Crippen molar-refractivity contribution in [1.29, 1.82) is 0 Å². The van der Waals surface area contributed by atoms with Crippen molar-refractivity contribution in [3.63, 3.8) is 0 Å². The van der Waals surface area contributed by atoms with Crippen molar-refractivity contribution in [2.45, 2.75) is 20.8 Å². The van der Waals surface area contributed by atoms with Crippen LogP contribution in [0.1, 0.15) is 29.8 Å². The molecule has 158 valence electrons. The Kier molecular flexibility index (Phi) is 6.90. The summed E-state index contributed by atoms with van der Waals surface area (Å²) in [5.74, 6) is 0.850. The molecule has 0 aliphatic heterocycles. The van der Waals surface area contributed by atoms with Crippen molar-refractivity contribution in [3.05, 3.63) is 63.8 Å². The number of fused-ring (bicyclic) bond motifs is 1. The Morgan fingerprint density at radius 1 is 1.13 bits per heavy atom. The van der Waals surface area contributed by atoms with Gasteiger partial charge in [-0.1, -0.05) is 32.0 Å². The first-order valence-electron chi connectivity index (χ1n) is 10.2. The second kappa shape index (κ2) is 9.59. The van der Waals surface area contributed by atoms with Gasteiger partial charge in [-0.25, -0.2) is 0 Å². The molecule has 0 saturated carbocycles. The average Bonchev–Trinajstić information content (AvgIpc) is 2.78. The minimum atomic E-state index is -0.253. The smallest absolute Gasteiger partial charge is 0.255 e. The number of hydrogen-bond acceptors (Lipinski definition) is 5. The monoisotopic (exact) mass is 408 g/mol. The molecule has 0 spiro atoms. The van der Waals surface area contributed by atoms with E-state index in [-0.39, 0.29) is 11.3 Å². The highest BCUT2D eigenvalue weighted by Crippen LogP contribution is 2.29. The molecule has 0 atom stereocenters.